The highest BCUT2D eigenvalue weighted by Gasteiger charge is 2.20. The number of aryl methyl sites for hydroxylation is 10. The van der Waals surface area contributed by atoms with Crippen LogP contribution in [-0.4, -0.2) is 166 Å². The van der Waals surface area contributed by atoms with Crippen LogP contribution in [0.15, 0.2) is 286 Å². The molecule has 4 fully saturated rings. The second-order valence-electron chi connectivity index (χ2n) is 31.6. The molecule has 0 atom stereocenters. The first kappa shape index (κ1) is 91.8. The summed E-state index contributed by atoms with van der Waals surface area (Å²) in [7, 11) is 2.76. The molecule has 19 nitrogen and oxygen atoms in total. The topological polar surface area (TPSA) is 193 Å². The average molecular weight is 1680 g/mol. The van der Waals surface area contributed by atoms with Crippen LogP contribution in [0, 0.1) is 69.2 Å². The summed E-state index contributed by atoms with van der Waals surface area (Å²) in [5, 5.41) is 0. The maximum Gasteiger partial charge on any atom is 0.337 e. The molecule has 19 heteroatoms. The molecular weight excluding hydrogens is 1570 g/mol. The number of hydrogen-bond acceptors (Lipinski definition) is 19. The highest BCUT2D eigenvalue weighted by atomic mass is 16.5. The SMILES string of the molecule is COC(=O)c1ccc(-c2cc(C)cc(N3CCOCC3)n2)cc1.COC(=O)c1ccc(-c2cc(C)ccn2)cc1.Cc1cc(-c2ccccc2)nc(N2CCOCC2)c1.Cc1ccc(-c2cc(C)cc(N3CCOCC3)n2)cc1.Cc1cccc(-c2cc(C)cc(N3CCOCC3)n2)c1.Cc1cccc(-c2cc(C)ccn2)c1.Cc1ccnc(-c2ccccc2)c1. The minimum absolute atomic E-state index is 0.325. The summed E-state index contributed by atoms with van der Waals surface area (Å²) >= 11 is 0. The summed E-state index contributed by atoms with van der Waals surface area (Å²) in [6.07, 6.45) is 5.48. The van der Waals surface area contributed by atoms with Gasteiger partial charge in [-0.2, -0.15) is 0 Å². The Balaban J connectivity index is 0.000000135. The number of benzene rings is 7. The van der Waals surface area contributed by atoms with Crippen molar-refractivity contribution in [3.8, 4) is 78.8 Å². The molecule has 126 heavy (non-hydrogen) atoms. The van der Waals surface area contributed by atoms with E-state index in [1.807, 2.05) is 104 Å². The zero-order chi connectivity index (χ0) is 88.5. The second kappa shape index (κ2) is 46.9. The lowest BCUT2D eigenvalue weighted by molar-refractivity contribution is 0.0592. The number of anilines is 4. The normalized spacial score (nSPS) is 13.4. The summed E-state index contributed by atoms with van der Waals surface area (Å²) in [6, 6.07) is 89.8. The van der Waals surface area contributed by atoms with E-state index >= 15 is 0 Å². The Hall–Kier alpha value is -13.4. The van der Waals surface area contributed by atoms with Crippen LogP contribution in [0.1, 0.15) is 76.4 Å². The van der Waals surface area contributed by atoms with Gasteiger partial charge >= 0.3 is 11.9 Å². The maximum atomic E-state index is 11.5. The lowest BCUT2D eigenvalue weighted by atomic mass is 10.1. The predicted octanol–water partition coefficient (Wildman–Crippen LogP) is 21.2. The number of methoxy groups -OCH3 is 2. The zero-order valence-corrected chi connectivity index (χ0v) is 74.6. The first-order chi connectivity index (χ1) is 61.3. The van der Waals surface area contributed by atoms with E-state index in [0.29, 0.717) is 11.1 Å². The molecule has 0 saturated carbocycles. The Bertz CT molecular complexity index is 5760. The third kappa shape index (κ3) is 27.8. The van der Waals surface area contributed by atoms with E-state index in [9.17, 15) is 9.59 Å². The number of morpholine rings is 4. The van der Waals surface area contributed by atoms with Gasteiger partial charge in [0, 0.05) is 110 Å². The predicted molar refractivity (Wildman–Crippen MR) is 510 cm³/mol. The van der Waals surface area contributed by atoms with Crippen molar-refractivity contribution in [2.75, 3.05) is 139 Å². The average Bonchev–Trinajstić information content (AvgIpc) is 0.829. The Morgan fingerprint density at radius 2 is 0.476 bits per heavy atom. The number of carbonyl (C=O) groups excluding carboxylic acids is 2. The molecule has 4 aliphatic rings. The van der Waals surface area contributed by atoms with Gasteiger partial charge in [-0.1, -0.05) is 162 Å². The van der Waals surface area contributed by atoms with E-state index in [-0.39, 0.29) is 11.9 Å². The fourth-order valence-electron chi connectivity index (χ4n) is 14.4. The summed E-state index contributed by atoms with van der Waals surface area (Å²) in [5.41, 5.74) is 28.3. The molecule has 11 heterocycles. The van der Waals surface area contributed by atoms with Crippen LogP contribution in [0.4, 0.5) is 23.3 Å². The summed E-state index contributed by atoms with van der Waals surface area (Å²) in [6.45, 7) is 34.4. The molecular formula is C107H115N11O8. The van der Waals surface area contributed by atoms with Gasteiger partial charge in [0.25, 0.3) is 0 Å². The third-order valence-electron chi connectivity index (χ3n) is 21.2. The molecule has 18 rings (SSSR count). The van der Waals surface area contributed by atoms with Gasteiger partial charge in [0.15, 0.2) is 0 Å². The zero-order valence-electron chi connectivity index (χ0n) is 74.6. The van der Waals surface area contributed by atoms with E-state index in [1.165, 1.54) is 86.5 Å². The van der Waals surface area contributed by atoms with Gasteiger partial charge in [0.2, 0.25) is 0 Å². The van der Waals surface area contributed by atoms with E-state index in [2.05, 4.69) is 259 Å². The maximum absolute atomic E-state index is 11.5. The van der Waals surface area contributed by atoms with Gasteiger partial charge < -0.3 is 48.0 Å². The summed E-state index contributed by atoms with van der Waals surface area (Å²) in [4.78, 5) is 64.1. The van der Waals surface area contributed by atoms with Crippen LogP contribution < -0.4 is 19.6 Å². The molecule has 0 spiro atoms. The number of rotatable bonds is 13. The van der Waals surface area contributed by atoms with Crippen molar-refractivity contribution in [2.24, 2.45) is 0 Å². The number of esters is 2. The molecule has 646 valence electrons. The number of hydrogen-bond donors (Lipinski definition) is 0. The van der Waals surface area contributed by atoms with Crippen molar-refractivity contribution >= 4 is 35.2 Å². The number of nitrogens with zero attached hydrogens (tertiary/aromatic N) is 11. The highest BCUT2D eigenvalue weighted by molar-refractivity contribution is 5.90. The largest absolute Gasteiger partial charge is 0.465 e. The van der Waals surface area contributed by atoms with Crippen LogP contribution in [0.2, 0.25) is 0 Å². The Kier molecular flexibility index (Phi) is 34.1. The van der Waals surface area contributed by atoms with Crippen molar-refractivity contribution in [1.82, 2.24) is 34.9 Å². The lowest BCUT2D eigenvalue weighted by Crippen LogP contribution is -2.36. The van der Waals surface area contributed by atoms with Gasteiger partial charge in [0.05, 0.1) is 118 Å². The van der Waals surface area contributed by atoms with Crippen molar-refractivity contribution in [1.29, 1.82) is 0 Å². The molecule has 0 unspecified atom stereocenters. The smallest absolute Gasteiger partial charge is 0.337 e. The van der Waals surface area contributed by atoms with Crippen LogP contribution in [0.5, 0.6) is 0 Å². The van der Waals surface area contributed by atoms with Crippen LogP contribution >= 0.6 is 0 Å². The number of pyridine rings is 7. The molecule has 14 aromatic rings. The molecule has 0 aliphatic carbocycles. The highest BCUT2D eigenvalue weighted by Crippen LogP contribution is 2.31. The Morgan fingerprint density at radius 3 is 0.770 bits per heavy atom. The van der Waals surface area contributed by atoms with Gasteiger partial charge in [-0.3, -0.25) is 15.0 Å². The molecule has 0 N–H and O–H groups in total. The molecule has 7 aromatic carbocycles. The summed E-state index contributed by atoms with van der Waals surface area (Å²) < 4.78 is 31.0. The first-order valence-corrected chi connectivity index (χ1v) is 43.0. The monoisotopic (exact) mass is 1680 g/mol. The Morgan fingerprint density at radius 1 is 0.238 bits per heavy atom. The lowest BCUT2D eigenvalue weighted by Gasteiger charge is -2.28. The quantitative estimate of drug-likeness (QED) is 0.0989. The van der Waals surface area contributed by atoms with E-state index in [1.54, 1.807) is 30.5 Å². The van der Waals surface area contributed by atoms with Crippen LogP contribution in [0.25, 0.3) is 78.8 Å². The molecule has 4 saturated heterocycles. The molecule has 4 aliphatic heterocycles. The molecule has 0 radical (unpaired) electrons. The number of ether oxygens (including phenoxy) is 6. The van der Waals surface area contributed by atoms with Gasteiger partial charge in [-0.05, 0) is 230 Å². The van der Waals surface area contributed by atoms with Crippen LogP contribution in [-0.2, 0) is 28.4 Å². The Labute approximate surface area is 743 Å². The van der Waals surface area contributed by atoms with Crippen molar-refractivity contribution in [3.63, 3.8) is 0 Å². The second-order valence-corrected chi connectivity index (χ2v) is 31.6. The molecule has 0 bridgehead atoms. The van der Waals surface area contributed by atoms with Gasteiger partial charge in [-0.15, -0.1) is 0 Å². The molecule has 7 aromatic heterocycles. The fourth-order valence-corrected chi connectivity index (χ4v) is 14.4. The minimum atomic E-state index is -0.331. The number of aromatic nitrogens is 7. The first-order valence-electron chi connectivity index (χ1n) is 43.0. The van der Waals surface area contributed by atoms with Crippen molar-refractivity contribution in [3.05, 3.63) is 352 Å². The van der Waals surface area contributed by atoms with Crippen molar-refractivity contribution < 1.29 is 38.0 Å². The standard InChI is InChI=1S/C18H20N2O3.2C17H20N2O.C16H18N2O.C14H13NO2.C13H13N.C12H11N/c1-13-11-16(14-3-5-15(6-4-14)18(21)22-2)19-17(12-13)20-7-9-23-10-8-20;1-13-3-5-15(6-4-13)16-11-14(2)12-17(18-16)19-7-9-20-10-8-19;1-13-4-3-5-15(10-13)16-11-14(2)12-17(18-16)19-6-8-20-9-7-19;1-13-11-15(14-5-3-2-4-6-14)17-16(12-13)18-7-9-19-10-8-18;1-10-7-8-15-13(9-10)11-3-5-12(6-4-11)14(16)17-2;1-10-4-3-5-12(8-10)13-9-11(2)6-7-14-13;1-10-7-8-13-12(9-10)11-5-3-2-4-6-11/h3-6,11-12H,7-10H2,1-2H3;3-6,11-12H,7-10H2,1-2H3;3-5,10-12H,6-9H2,1-2H3;2-6,11-12H,7-10H2,1H3;3-9H,1-2H3;3-9H,1-2H3;2-9H,1H3. The van der Waals surface area contributed by atoms with E-state index in [4.69, 9.17) is 43.6 Å². The molecule has 0 amide bonds. The minimum Gasteiger partial charge on any atom is -0.465 e. The van der Waals surface area contributed by atoms with E-state index < -0.39 is 0 Å². The number of carbonyl (C=O) groups is 2. The van der Waals surface area contributed by atoms with Crippen molar-refractivity contribution in [2.45, 2.75) is 69.2 Å². The van der Waals surface area contributed by atoms with Gasteiger partial charge in [-0.25, -0.2) is 29.5 Å². The third-order valence-corrected chi connectivity index (χ3v) is 21.2. The fraction of sp³-hybridized carbons (Fsp3) is 0.262. The van der Waals surface area contributed by atoms with Gasteiger partial charge in [0.1, 0.15) is 23.3 Å². The summed E-state index contributed by atoms with van der Waals surface area (Å²) in [5.74, 6) is 3.49. The van der Waals surface area contributed by atoms with E-state index in [0.717, 1.165) is 191 Å². The van der Waals surface area contributed by atoms with Crippen LogP contribution in [0.3, 0.4) is 0 Å².